The highest BCUT2D eigenvalue weighted by atomic mass is 15.1. The summed E-state index contributed by atoms with van der Waals surface area (Å²) in [7, 11) is 0. The summed E-state index contributed by atoms with van der Waals surface area (Å²) in [5.41, 5.74) is 19.4. The van der Waals surface area contributed by atoms with Gasteiger partial charge in [-0.1, -0.05) is 190 Å². The van der Waals surface area contributed by atoms with E-state index in [1.54, 1.807) is 0 Å². The quantitative estimate of drug-likeness (QED) is 0.155. The maximum atomic E-state index is 2.45. The average Bonchev–Trinajstić information content (AvgIpc) is 3.84. The maximum absolute atomic E-state index is 2.45. The third-order valence-electron chi connectivity index (χ3n) is 14.4. The topological polar surface area (TPSA) is 8.17 Å². The maximum Gasteiger partial charge on any atom is 0.0541 e. The predicted molar refractivity (Wildman–Crippen MR) is 284 cm³/mol. The molecule has 1 aliphatic carbocycles. The van der Waals surface area contributed by atoms with Crippen LogP contribution in [0.4, 0.5) is 17.1 Å². The molecule has 2 heteroatoms. The lowest BCUT2D eigenvalue weighted by Gasteiger charge is -2.28. The molecular weight excluding hydrogens is 809 g/mol. The number of hydrogen-bond donors (Lipinski definition) is 0. The zero-order valence-electron chi connectivity index (χ0n) is 37.5. The Balaban J connectivity index is 0.915. The molecule has 0 saturated heterocycles. The van der Waals surface area contributed by atoms with Gasteiger partial charge in [0, 0.05) is 38.8 Å². The number of para-hydroxylation sites is 2. The van der Waals surface area contributed by atoms with E-state index in [4.69, 9.17) is 0 Å². The summed E-state index contributed by atoms with van der Waals surface area (Å²) in [6.07, 6.45) is 0. The first-order chi connectivity index (χ1) is 33.0. The number of hydrogen-bond acceptors (Lipinski definition) is 1. The molecule has 0 aliphatic heterocycles. The van der Waals surface area contributed by atoms with Crippen molar-refractivity contribution in [1.29, 1.82) is 0 Å². The second kappa shape index (κ2) is 15.3. The van der Waals surface area contributed by atoms with E-state index >= 15 is 0 Å². The van der Waals surface area contributed by atoms with Crippen LogP contribution in [0, 0.1) is 0 Å². The summed E-state index contributed by atoms with van der Waals surface area (Å²) in [4.78, 5) is 2.42. The Labute approximate surface area is 391 Å². The zero-order chi connectivity index (χ0) is 44.6. The van der Waals surface area contributed by atoms with Gasteiger partial charge in [0.05, 0.1) is 16.7 Å². The van der Waals surface area contributed by atoms with Crippen LogP contribution in [0.15, 0.2) is 243 Å². The molecule has 0 fully saturated rings. The molecule has 0 radical (unpaired) electrons. The summed E-state index contributed by atoms with van der Waals surface area (Å²) in [5.74, 6) is 0. The molecule has 0 spiro atoms. The Morgan fingerprint density at radius 3 is 1.66 bits per heavy atom. The van der Waals surface area contributed by atoms with E-state index in [2.05, 4.69) is 266 Å². The molecule has 67 heavy (non-hydrogen) atoms. The molecule has 13 rings (SSSR count). The summed E-state index contributed by atoms with van der Waals surface area (Å²) in [6, 6.07) is 89.5. The molecule has 0 unspecified atom stereocenters. The highest BCUT2D eigenvalue weighted by molar-refractivity contribution is 6.11. The summed E-state index contributed by atoms with van der Waals surface area (Å²) < 4.78 is 2.45. The van der Waals surface area contributed by atoms with Crippen LogP contribution < -0.4 is 4.90 Å². The lowest BCUT2D eigenvalue weighted by Crippen LogP contribution is -2.16. The van der Waals surface area contributed by atoms with Crippen molar-refractivity contribution in [2.75, 3.05) is 4.90 Å². The third-order valence-corrected chi connectivity index (χ3v) is 14.4. The van der Waals surface area contributed by atoms with Crippen LogP contribution in [0.3, 0.4) is 0 Å². The van der Waals surface area contributed by atoms with E-state index in [0.717, 1.165) is 28.3 Å². The molecule has 0 saturated carbocycles. The van der Waals surface area contributed by atoms with Crippen LogP contribution in [-0.2, 0) is 5.41 Å². The van der Waals surface area contributed by atoms with Gasteiger partial charge < -0.3 is 9.47 Å². The molecule has 11 aromatic carbocycles. The molecule has 12 aromatic rings. The molecular formula is C65H46N2. The lowest BCUT2D eigenvalue weighted by molar-refractivity contribution is 0.660. The van der Waals surface area contributed by atoms with Crippen LogP contribution in [-0.4, -0.2) is 4.57 Å². The molecule has 0 amide bonds. The first-order valence-electron chi connectivity index (χ1n) is 23.3. The van der Waals surface area contributed by atoms with E-state index in [1.165, 1.54) is 93.4 Å². The highest BCUT2D eigenvalue weighted by Crippen LogP contribution is 2.51. The van der Waals surface area contributed by atoms with Gasteiger partial charge in [-0.3, -0.25) is 0 Å². The minimum absolute atomic E-state index is 0.121. The van der Waals surface area contributed by atoms with Gasteiger partial charge >= 0.3 is 0 Å². The Kier molecular flexibility index (Phi) is 8.91. The summed E-state index contributed by atoms with van der Waals surface area (Å²) in [6.45, 7) is 4.72. The van der Waals surface area contributed by atoms with Crippen LogP contribution in [0.5, 0.6) is 0 Å². The van der Waals surface area contributed by atoms with Crippen molar-refractivity contribution >= 4 is 60.4 Å². The van der Waals surface area contributed by atoms with Gasteiger partial charge in [-0.15, -0.1) is 0 Å². The van der Waals surface area contributed by atoms with Crippen molar-refractivity contribution < 1.29 is 0 Å². The number of benzene rings is 11. The van der Waals surface area contributed by atoms with E-state index in [1.807, 2.05) is 0 Å². The van der Waals surface area contributed by atoms with Crippen molar-refractivity contribution in [3.63, 3.8) is 0 Å². The van der Waals surface area contributed by atoms with Crippen LogP contribution in [0.1, 0.15) is 25.0 Å². The SMILES string of the molecule is CC1(C)c2ccccc2-c2ccc(N(c3ccc(-c4ccccc4-n4c5ccccc5c5cc(-c6ccc7ccccc7c6)ccc54)cc3)c3ccc(-c4cccc5ccccc45)cc3)cc21. The fraction of sp³-hybridized carbons (Fsp3) is 0.0462. The Bertz CT molecular complexity index is 3880. The molecule has 0 bridgehead atoms. The summed E-state index contributed by atoms with van der Waals surface area (Å²) in [5, 5.41) is 7.51. The average molecular weight is 855 g/mol. The van der Waals surface area contributed by atoms with Crippen LogP contribution in [0.2, 0.25) is 0 Å². The Hall–Kier alpha value is -8.46. The fourth-order valence-corrected chi connectivity index (χ4v) is 11.0. The van der Waals surface area contributed by atoms with E-state index < -0.39 is 0 Å². The van der Waals surface area contributed by atoms with E-state index in [0.29, 0.717) is 0 Å². The van der Waals surface area contributed by atoms with Gasteiger partial charge in [0.1, 0.15) is 0 Å². The van der Waals surface area contributed by atoms with Crippen molar-refractivity contribution in [3.05, 3.63) is 254 Å². The molecule has 2 nitrogen and oxygen atoms in total. The number of fused-ring (bicyclic) bond motifs is 8. The number of anilines is 3. The van der Waals surface area contributed by atoms with Crippen LogP contribution >= 0.6 is 0 Å². The van der Waals surface area contributed by atoms with Gasteiger partial charge in [-0.25, -0.2) is 0 Å². The standard InChI is InChI=1S/C65H46N2/c1-65(2)60-23-10-7-20-56(60)57-38-37-52(42-61(57)65)66(50-33-28-45(29-34-50)54-22-13-17-44-15-5-6-18-53(44)54)51-35-30-46(31-36-51)55-19-8-11-24-62(55)67-63-25-12-9-21-58(63)59-41-49(32-39-64(59)67)48-27-26-43-14-3-4-16-47(43)40-48/h3-42H,1-2H3. The van der Waals surface area contributed by atoms with Gasteiger partial charge in [0.2, 0.25) is 0 Å². The van der Waals surface area contributed by atoms with Gasteiger partial charge in [-0.05, 0) is 138 Å². The van der Waals surface area contributed by atoms with Crippen molar-refractivity contribution in [1.82, 2.24) is 4.57 Å². The van der Waals surface area contributed by atoms with Gasteiger partial charge in [0.15, 0.2) is 0 Å². The normalized spacial score (nSPS) is 12.7. The zero-order valence-corrected chi connectivity index (χ0v) is 37.5. The smallest absolute Gasteiger partial charge is 0.0541 e. The number of aromatic nitrogens is 1. The lowest BCUT2D eigenvalue weighted by atomic mass is 9.82. The molecule has 0 atom stereocenters. The molecule has 1 aliphatic rings. The minimum atomic E-state index is -0.121. The van der Waals surface area contributed by atoms with Gasteiger partial charge in [-0.2, -0.15) is 0 Å². The largest absolute Gasteiger partial charge is 0.310 e. The number of rotatable bonds is 7. The second-order valence-corrected chi connectivity index (χ2v) is 18.5. The van der Waals surface area contributed by atoms with E-state index in [9.17, 15) is 0 Å². The fourth-order valence-electron chi connectivity index (χ4n) is 11.0. The molecule has 0 N–H and O–H groups in total. The number of nitrogens with zero attached hydrogens (tertiary/aromatic N) is 2. The Morgan fingerprint density at radius 2 is 0.851 bits per heavy atom. The highest BCUT2D eigenvalue weighted by Gasteiger charge is 2.35. The first-order valence-corrected chi connectivity index (χ1v) is 23.3. The van der Waals surface area contributed by atoms with Crippen LogP contribution in [0.25, 0.3) is 93.5 Å². The minimum Gasteiger partial charge on any atom is -0.310 e. The molecule has 1 aromatic heterocycles. The second-order valence-electron chi connectivity index (χ2n) is 18.5. The van der Waals surface area contributed by atoms with E-state index in [-0.39, 0.29) is 5.41 Å². The van der Waals surface area contributed by atoms with Crippen molar-refractivity contribution in [2.24, 2.45) is 0 Å². The van der Waals surface area contributed by atoms with Crippen molar-refractivity contribution in [3.8, 4) is 50.2 Å². The molecule has 1 heterocycles. The predicted octanol–water partition coefficient (Wildman–Crippen LogP) is 17.9. The third kappa shape index (κ3) is 6.32. The summed E-state index contributed by atoms with van der Waals surface area (Å²) >= 11 is 0. The Morgan fingerprint density at radius 1 is 0.313 bits per heavy atom. The first kappa shape index (κ1) is 39.0. The monoisotopic (exact) mass is 854 g/mol. The van der Waals surface area contributed by atoms with Gasteiger partial charge in [0.25, 0.3) is 0 Å². The van der Waals surface area contributed by atoms with Crippen molar-refractivity contribution in [2.45, 2.75) is 19.3 Å². The molecule has 316 valence electrons.